The number of aryl methyl sites for hydroxylation is 1. The highest BCUT2D eigenvalue weighted by molar-refractivity contribution is 8.27. The Morgan fingerprint density at radius 3 is 2.53 bits per heavy atom. The minimum absolute atomic E-state index is 0.220. The van der Waals surface area contributed by atoms with Crippen molar-refractivity contribution in [2.45, 2.75) is 13.5 Å². The van der Waals surface area contributed by atoms with Crippen LogP contribution in [0.1, 0.15) is 16.7 Å². The molecule has 3 nitrogen and oxygen atoms in total. The summed E-state index contributed by atoms with van der Waals surface area (Å²) in [5.74, 6) is 0.142. The van der Waals surface area contributed by atoms with Crippen LogP contribution in [-0.2, 0) is 11.4 Å². The van der Waals surface area contributed by atoms with Crippen LogP contribution in [0.2, 0.25) is 0 Å². The lowest BCUT2D eigenvalue weighted by molar-refractivity contribution is -0.113. The quantitative estimate of drug-likeness (QED) is 0.357. The molecular weight excluding hydrogens is 417 g/mol. The number of benzene rings is 3. The van der Waals surface area contributed by atoms with Gasteiger partial charge in [0.1, 0.15) is 18.2 Å². The summed E-state index contributed by atoms with van der Waals surface area (Å²) in [6.07, 6.45) is 1.79. The van der Waals surface area contributed by atoms with Gasteiger partial charge in [-0.2, -0.15) is 0 Å². The molecule has 0 bridgehead atoms. The normalized spacial score (nSPS) is 15.1. The molecule has 3 aromatic carbocycles. The van der Waals surface area contributed by atoms with Crippen molar-refractivity contribution in [3.05, 3.63) is 100 Å². The first-order valence-electron chi connectivity index (χ1n) is 9.31. The summed E-state index contributed by atoms with van der Waals surface area (Å²) in [5, 5.41) is 0. The molecule has 1 aliphatic rings. The van der Waals surface area contributed by atoms with E-state index in [1.807, 2.05) is 43.3 Å². The molecule has 0 saturated carbocycles. The molecule has 0 unspecified atom stereocenters. The molecule has 0 atom stereocenters. The number of rotatable bonds is 5. The first kappa shape index (κ1) is 20.3. The molecule has 1 saturated heterocycles. The summed E-state index contributed by atoms with van der Waals surface area (Å²) in [6, 6.07) is 21.5. The number of hydrogen-bond donors (Lipinski definition) is 0. The minimum atomic E-state index is -0.359. The van der Waals surface area contributed by atoms with Gasteiger partial charge in [0.05, 0.1) is 10.6 Å². The fraction of sp³-hybridized carbons (Fsp3) is 0.0833. The number of halogens is 1. The van der Waals surface area contributed by atoms with Gasteiger partial charge in [-0.05, 0) is 60.5 Å². The summed E-state index contributed by atoms with van der Waals surface area (Å²) in [7, 11) is 0. The van der Waals surface area contributed by atoms with E-state index in [2.05, 4.69) is 12.1 Å². The van der Waals surface area contributed by atoms with Crippen molar-refractivity contribution in [1.29, 1.82) is 0 Å². The second kappa shape index (κ2) is 8.81. The SMILES string of the molecule is Cc1ccc(COc2cccc(/C=C3\SC(=S)N(c4ccc(F)cc4)C3=O)c2)cc1. The number of nitrogens with zero attached hydrogens (tertiary/aromatic N) is 1. The number of ether oxygens (including phenoxy) is 1. The number of carbonyl (C=O) groups excluding carboxylic acids is 1. The predicted molar refractivity (Wildman–Crippen MR) is 124 cm³/mol. The first-order valence-corrected chi connectivity index (χ1v) is 10.5. The maximum Gasteiger partial charge on any atom is 0.270 e. The van der Waals surface area contributed by atoms with Crippen molar-refractivity contribution in [3.63, 3.8) is 0 Å². The highest BCUT2D eigenvalue weighted by Gasteiger charge is 2.33. The molecule has 4 rings (SSSR count). The average Bonchev–Trinajstić information content (AvgIpc) is 3.02. The minimum Gasteiger partial charge on any atom is -0.489 e. The third-order valence-corrected chi connectivity index (χ3v) is 5.86. The number of thioether (sulfide) groups is 1. The second-order valence-electron chi connectivity index (χ2n) is 6.84. The average molecular weight is 436 g/mol. The maximum absolute atomic E-state index is 13.2. The van der Waals surface area contributed by atoms with Crippen LogP contribution in [0.3, 0.4) is 0 Å². The molecule has 0 spiro atoms. The number of thiocarbonyl (C=S) groups is 1. The molecule has 0 aromatic heterocycles. The fourth-order valence-electron chi connectivity index (χ4n) is 2.98. The summed E-state index contributed by atoms with van der Waals surface area (Å²) >= 11 is 6.59. The van der Waals surface area contributed by atoms with Gasteiger partial charge in [0.25, 0.3) is 5.91 Å². The van der Waals surface area contributed by atoms with Gasteiger partial charge in [-0.1, -0.05) is 65.9 Å². The first-order chi connectivity index (χ1) is 14.5. The van der Waals surface area contributed by atoms with E-state index in [1.54, 1.807) is 18.2 Å². The Morgan fingerprint density at radius 2 is 1.80 bits per heavy atom. The van der Waals surface area contributed by atoms with Gasteiger partial charge in [-0.25, -0.2) is 4.39 Å². The highest BCUT2D eigenvalue weighted by atomic mass is 32.2. The molecule has 30 heavy (non-hydrogen) atoms. The van der Waals surface area contributed by atoms with Gasteiger partial charge in [0.2, 0.25) is 0 Å². The van der Waals surface area contributed by atoms with Crippen molar-refractivity contribution in [2.24, 2.45) is 0 Å². The van der Waals surface area contributed by atoms with Gasteiger partial charge in [-0.15, -0.1) is 0 Å². The smallest absolute Gasteiger partial charge is 0.270 e. The molecule has 1 fully saturated rings. The molecular formula is C24H18FNO2S2. The zero-order chi connectivity index (χ0) is 21.1. The van der Waals surface area contributed by atoms with Crippen LogP contribution < -0.4 is 9.64 Å². The zero-order valence-corrected chi connectivity index (χ0v) is 17.8. The number of anilines is 1. The standard InChI is InChI=1S/C24H18FNO2S2/c1-16-5-7-17(8-6-16)15-28-21-4-2-3-18(13-21)14-22-23(27)26(24(29)30-22)20-11-9-19(25)10-12-20/h2-14H,15H2,1H3/b22-14-. The summed E-state index contributed by atoms with van der Waals surface area (Å²) in [6.45, 7) is 2.52. The van der Waals surface area contributed by atoms with Crippen molar-refractivity contribution in [1.82, 2.24) is 0 Å². The van der Waals surface area contributed by atoms with Gasteiger partial charge >= 0.3 is 0 Å². The number of carbonyl (C=O) groups is 1. The van der Waals surface area contributed by atoms with Crippen molar-refractivity contribution >= 4 is 46.0 Å². The Hall–Kier alpha value is -2.96. The lowest BCUT2D eigenvalue weighted by Crippen LogP contribution is -2.27. The maximum atomic E-state index is 13.2. The van der Waals surface area contributed by atoms with Crippen LogP contribution in [0.25, 0.3) is 6.08 Å². The van der Waals surface area contributed by atoms with Crippen LogP contribution in [-0.4, -0.2) is 10.2 Å². The summed E-state index contributed by atoms with van der Waals surface area (Å²) < 4.78 is 19.5. The number of hydrogen-bond acceptors (Lipinski definition) is 4. The van der Waals surface area contributed by atoms with E-state index >= 15 is 0 Å². The topological polar surface area (TPSA) is 29.5 Å². The Morgan fingerprint density at radius 1 is 1.07 bits per heavy atom. The van der Waals surface area contributed by atoms with Gasteiger partial charge in [0.15, 0.2) is 4.32 Å². The fourth-order valence-corrected chi connectivity index (χ4v) is 4.28. The van der Waals surface area contributed by atoms with Crippen LogP contribution >= 0.6 is 24.0 Å². The molecule has 0 radical (unpaired) electrons. The van der Waals surface area contributed by atoms with E-state index in [0.717, 1.165) is 16.9 Å². The largest absolute Gasteiger partial charge is 0.489 e. The van der Waals surface area contributed by atoms with E-state index in [-0.39, 0.29) is 11.7 Å². The molecule has 1 heterocycles. The molecule has 0 aliphatic carbocycles. The van der Waals surface area contributed by atoms with Crippen LogP contribution in [0.15, 0.2) is 77.7 Å². The lowest BCUT2D eigenvalue weighted by atomic mass is 10.1. The van der Waals surface area contributed by atoms with E-state index in [9.17, 15) is 9.18 Å². The lowest BCUT2D eigenvalue weighted by Gasteiger charge is -2.14. The van der Waals surface area contributed by atoms with Crippen molar-refractivity contribution < 1.29 is 13.9 Å². The summed E-state index contributed by atoms with van der Waals surface area (Å²) in [4.78, 5) is 14.8. The van der Waals surface area contributed by atoms with Crippen molar-refractivity contribution in [2.75, 3.05) is 4.90 Å². The third-order valence-electron chi connectivity index (χ3n) is 4.56. The Bertz CT molecular complexity index is 1120. The molecule has 1 amide bonds. The number of amides is 1. The Labute approximate surface area is 184 Å². The van der Waals surface area contributed by atoms with Crippen LogP contribution in [0.5, 0.6) is 5.75 Å². The zero-order valence-electron chi connectivity index (χ0n) is 16.2. The Kier molecular flexibility index (Phi) is 5.97. The highest BCUT2D eigenvalue weighted by Crippen LogP contribution is 2.36. The summed E-state index contributed by atoms with van der Waals surface area (Å²) in [5.41, 5.74) is 3.69. The van der Waals surface area contributed by atoms with Crippen LogP contribution in [0.4, 0.5) is 10.1 Å². The van der Waals surface area contributed by atoms with Gasteiger partial charge in [-0.3, -0.25) is 9.69 Å². The molecule has 0 N–H and O–H groups in total. The van der Waals surface area contributed by atoms with Gasteiger partial charge < -0.3 is 4.74 Å². The predicted octanol–water partition coefficient (Wildman–Crippen LogP) is 6.12. The third kappa shape index (κ3) is 4.61. The molecule has 150 valence electrons. The van der Waals surface area contributed by atoms with E-state index < -0.39 is 0 Å². The van der Waals surface area contributed by atoms with Crippen LogP contribution in [0, 0.1) is 12.7 Å². The Balaban J connectivity index is 1.49. The molecule has 6 heteroatoms. The second-order valence-corrected chi connectivity index (χ2v) is 8.52. The van der Waals surface area contributed by atoms with Gasteiger partial charge in [0, 0.05) is 0 Å². The monoisotopic (exact) mass is 435 g/mol. The van der Waals surface area contributed by atoms with Crippen molar-refractivity contribution in [3.8, 4) is 5.75 Å². The molecule has 1 aliphatic heterocycles. The van der Waals surface area contributed by atoms with E-state index in [4.69, 9.17) is 17.0 Å². The van der Waals surface area contributed by atoms with E-state index in [0.29, 0.717) is 21.5 Å². The molecule has 3 aromatic rings. The van der Waals surface area contributed by atoms with E-state index in [1.165, 1.54) is 34.4 Å².